The number of hydrogen-bond donors (Lipinski definition) is 0. The Labute approximate surface area is 139 Å². The Balaban J connectivity index is 1.75. The first-order chi connectivity index (χ1) is 10.0. The lowest BCUT2D eigenvalue weighted by Gasteiger charge is -2.28. The van der Waals surface area contributed by atoms with Crippen molar-refractivity contribution < 1.29 is 9.59 Å². The summed E-state index contributed by atoms with van der Waals surface area (Å²) >= 11 is 7.38. The number of amides is 2. The summed E-state index contributed by atoms with van der Waals surface area (Å²) in [5, 5.41) is 0. The van der Waals surface area contributed by atoms with Crippen molar-refractivity contribution in [3.63, 3.8) is 0 Å². The Morgan fingerprint density at radius 1 is 1.10 bits per heavy atom. The highest BCUT2D eigenvalue weighted by Crippen LogP contribution is 2.60. The highest BCUT2D eigenvalue weighted by molar-refractivity contribution is 9.12. The van der Waals surface area contributed by atoms with E-state index in [9.17, 15) is 9.59 Å². The number of fused-ring (bicyclic) bond motifs is 5. The number of carbonyl (C=O) groups is 2. The van der Waals surface area contributed by atoms with Crippen LogP contribution in [-0.4, -0.2) is 26.5 Å². The van der Waals surface area contributed by atoms with Gasteiger partial charge in [0.05, 0.1) is 11.8 Å². The van der Waals surface area contributed by atoms with E-state index in [0.717, 1.165) is 12.1 Å². The van der Waals surface area contributed by atoms with Gasteiger partial charge in [0.25, 0.3) is 0 Å². The Morgan fingerprint density at radius 2 is 1.67 bits per heavy atom. The van der Waals surface area contributed by atoms with Gasteiger partial charge in [-0.3, -0.25) is 9.59 Å². The summed E-state index contributed by atoms with van der Waals surface area (Å²) in [6, 6.07) is 5.44. The van der Waals surface area contributed by atoms with Crippen LogP contribution in [-0.2, 0) is 9.59 Å². The standard InChI is InChI=1S/C15H14Br2N2O2/c1-6-3-2-4-9(18-6)19-14(20)10-7-5-8(11(10)15(19)21)13(17)12(7)16/h2-4,7-8,10-13H,5H2,1H3/t7-,8-,10-,11+,12-,13+/m0/s1. The zero-order valence-corrected chi connectivity index (χ0v) is 14.5. The minimum atomic E-state index is -0.178. The number of carbonyl (C=O) groups excluding carboxylic acids is 2. The topological polar surface area (TPSA) is 50.3 Å². The number of pyridine rings is 1. The molecule has 3 aliphatic rings. The lowest BCUT2D eigenvalue weighted by atomic mass is 9.81. The molecule has 0 radical (unpaired) electrons. The van der Waals surface area contributed by atoms with Gasteiger partial charge in [0, 0.05) is 15.3 Å². The van der Waals surface area contributed by atoms with Crippen molar-refractivity contribution in [1.29, 1.82) is 0 Å². The molecule has 2 bridgehead atoms. The molecule has 0 spiro atoms. The summed E-state index contributed by atoms with van der Waals surface area (Å²) in [4.78, 5) is 31.8. The zero-order valence-electron chi connectivity index (χ0n) is 11.4. The monoisotopic (exact) mass is 412 g/mol. The molecule has 1 saturated heterocycles. The molecule has 2 aliphatic carbocycles. The minimum Gasteiger partial charge on any atom is -0.274 e. The fourth-order valence-electron chi connectivity index (χ4n) is 4.23. The largest absolute Gasteiger partial charge is 0.274 e. The van der Waals surface area contributed by atoms with Crippen LogP contribution in [0, 0.1) is 30.6 Å². The molecule has 0 aromatic carbocycles. The third-order valence-corrected chi connectivity index (χ3v) is 8.30. The molecule has 110 valence electrons. The van der Waals surface area contributed by atoms with Crippen molar-refractivity contribution in [2.75, 3.05) is 4.90 Å². The van der Waals surface area contributed by atoms with E-state index in [-0.39, 0.29) is 45.1 Å². The lowest BCUT2D eigenvalue weighted by molar-refractivity contribution is -0.123. The van der Waals surface area contributed by atoms with E-state index in [1.165, 1.54) is 4.90 Å². The molecule has 0 unspecified atom stereocenters. The van der Waals surface area contributed by atoms with Crippen molar-refractivity contribution in [2.24, 2.45) is 23.7 Å². The van der Waals surface area contributed by atoms with Gasteiger partial charge in [-0.2, -0.15) is 0 Å². The highest BCUT2D eigenvalue weighted by Gasteiger charge is 2.66. The first-order valence-corrected chi connectivity index (χ1v) is 8.93. The number of aryl methyl sites for hydroxylation is 1. The number of alkyl halides is 2. The number of aromatic nitrogens is 1. The maximum absolute atomic E-state index is 12.8. The fourth-order valence-corrected chi connectivity index (χ4v) is 6.10. The SMILES string of the molecule is Cc1cccc(N2C(=O)[C@@H]3[C@@H]4C[C@H]([C@H](Br)[C@@H]4Br)[C@@H]3C2=O)n1. The molecule has 4 nitrogen and oxygen atoms in total. The van der Waals surface area contributed by atoms with Gasteiger partial charge < -0.3 is 0 Å². The smallest absolute Gasteiger partial charge is 0.239 e. The van der Waals surface area contributed by atoms with Crippen molar-refractivity contribution in [3.05, 3.63) is 23.9 Å². The number of rotatable bonds is 1. The molecule has 2 amide bonds. The summed E-state index contributed by atoms with van der Waals surface area (Å²) in [6.45, 7) is 1.86. The van der Waals surface area contributed by atoms with Gasteiger partial charge in [-0.05, 0) is 37.3 Å². The molecule has 1 aromatic rings. The first kappa shape index (κ1) is 13.9. The number of nitrogens with zero attached hydrogens (tertiary/aromatic N) is 2. The number of imide groups is 1. The van der Waals surface area contributed by atoms with Crippen LogP contribution >= 0.6 is 31.9 Å². The van der Waals surface area contributed by atoms with E-state index >= 15 is 0 Å². The highest BCUT2D eigenvalue weighted by atomic mass is 79.9. The molecule has 6 atom stereocenters. The molecule has 3 fully saturated rings. The Hall–Kier alpha value is -0.750. The summed E-state index contributed by atoms with van der Waals surface area (Å²) in [5.74, 6) is 0.465. The van der Waals surface area contributed by atoms with Gasteiger partial charge in [0.1, 0.15) is 5.82 Å². The van der Waals surface area contributed by atoms with Crippen molar-refractivity contribution in [3.8, 4) is 0 Å². The number of hydrogen-bond acceptors (Lipinski definition) is 3. The van der Waals surface area contributed by atoms with Crippen LogP contribution in [0.3, 0.4) is 0 Å². The summed E-state index contributed by atoms with van der Waals surface area (Å²) in [5.41, 5.74) is 0.810. The van der Waals surface area contributed by atoms with Gasteiger partial charge in [0.15, 0.2) is 0 Å². The molecular weight excluding hydrogens is 400 g/mol. The van der Waals surface area contributed by atoms with E-state index in [1.807, 2.05) is 19.1 Å². The van der Waals surface area contributed by atoms with E-state index in [1.54, 1.807) is 6.07 Å². The van der Waals surface area contributed by atoms with Gasteiger partial charge >= 0.3 is 0 Å². The van der Waals surface area contributed by atoms with E-state index in [0.29, 0.717) is 5.82 Å². The predicted octanol–water partition coefficient (Wildman–Crippen LogP) is 2.67. The lowest BCUT2D eigenvalue weighted by Crippen LogP contribution is -2.37. The quantitative estimate of drug-likeness (QED) is 0.525. The van der Waals surface area contributed by atoms with Gasteiger partial charge in [-0.1, -0.05) is 37.9 Å². The molecule has 1 aromatic heterocycles. The van der Waals surface area contributed by atoms with Crippen LogP contribution in [0.25, 0.3) is 0 Å². The molecule has 2 saturated carbocycles. The summed E-state index contributed by atoms with van der Waals surface area (Å²) < 4.78 is 0. The maximum atomic E-state index is 12.8. The summed E-state index contributed by atoms with van der Waals surface area (Å²) in [7, 11) is 0. The third kappa shape index (κ3) is 1.75. The molecule has 2 heterocycles. The minimum absolute atomic E-state index is 0.0700. The van der Waals surface area contributed by atoms with Crippen LogP contribution in [0.15, 0.2) is 18.2 Å². The van der Waals surface area contributed by atoms with Gasteiger partial charge in [-0.15, -0.1) is 0 Å². The average Bonchev–Trinajstić information content (AvgIpc) is 3.04. The molecule has 4 rings (SSSR count). The van der Waals surface area contributed by atoms with E-state index < -0.39 is 0 Å². The second kappa shape index (κ2) is 4.62. The van der Waals surface area contributed by atoms with Crippen LogP contribution in [0.4, 0.5) is 5.82 Å². The van der Waals surface area contributed by atoms with E-state index in [2.05, 4.69) is 36.8 Å². The molecule has 1 aliphatic heterocycles. The second-order valence-electron chi connectivity index (χ2n) is 6.15. The predicted molar refractivity (Wildman–Crippen MR) is 85.5 cm³/mol. The van der Waals surface area contributed by atoms with Gasteiger partial charge in [-0.25, -0.2) is 9.88 Å². The second-order valence-corrected chi connectivity index (χ2v) is 8.27. The normalized spacial score (nSPS) is 41.0. The first-order valence-electron chi connectivity index (χ1n) is 7.10. The molecule has 21 heavy (non-hydrogen) atoms. The van der Waals surface area contributed by atoms with Crippen molar-refractivity contribution >= 4 is 49.5 Å². The van der Waals surface area contributed by atoms with Crippen molar-refractivity contribution in [2.45, 2.75) is 23.0 Å². The number of anilines is 1. The van der Waals surface area contributed by atoms with Crippen LogP contribution in [0.2, 0.25) is 0 Å². The van der Waals surface area contributed by atoms with Crippen LogP contribution in [0.5, 0.6) is 0 Å². The van der Waals surface area contributed by atoms with Crippen LogP contribution in [0.1, 0.15) is 12.1 Å². The average molecular weight is 414 g/mol. The maximum Gasteiger partial charge on any atom is 0.239 e. The van der Waals surface area contributed by atoms with Crippen molar-refractivity contribution in [1.82, 2.24) is 4.98 Å². The Morgan fingerprint density at radius 3 is 2.19 bits per heavy atom. The number of halogens is 2. The Bertz CT molecular complexity index is 618. The fraction of sp³-hybridized carbons (Fsp3) is 0.533. The third-order valence-electron chi connectivity index (χ3n) is 5.09. The van der Waals surface area contributed by atoms with E-state index in [4.69, 9.17) is 0 Å². The van der Waals surface area contributed by atoms with Gasteiger partial charge in [0.2, 0.25) is 11.8 Å². The zero-order chi connectivity index (χ0) is 14.9. The Kier molecular flexibility index (Phi) is 3.05. The molecular formula is C15H14Br2N2O2. The van der Waals surface area contributed by atoms with Crippen LogP contribution < -0.4 is 4.90 Å². The molecule has 0 N–H and O–H groups in total. The molecule has 6 heteroatoms. The summed E-state index contributed by atoms with van der Waals surface area (Å²) in [6.07, 6.45) is 0.952.